The van der Waals surface area contributed by atoms with Gasteiger partial charge in [-0.15, -0.1) is 0 Å². The second-order valence-corrected chi connectivity index (χ2v) is 11.9. The van der Waals surface area contributed by atoms with Gasteiger partial charge >= 0.3 is 6.09 Å². The average molecular weight is 526 g/mol. The van der Waals surface area contributed by atoms with E-state index in [0.29, 0.717) is 5.56 Å². The Morgan fingerprint density at radius 2 is 1.50 bits per heavy atom. The van der Waals surface area contributed by atoms with Crippen LogP contribution in [0.1, 0.15) is 78.1 Å². The van der Waals surface area contributed by atoms with Crippen LogP contribution in [0.2, 0.25) is 0 Å². The van der Waals surface area contributed by atoms with Crippen molar-refractivity contribution in [3.05, 3.63) is 65.2 Å². The molecule has 0 aliphatic carbocycles. The zero-order valence-electron chi connectivity index (χ0n) is 24.1. The standard InChI is InChI=1S/C30H43N3O5/c1-19(2)31-26(35)25(23-13-11-10-12-20(23)3)33(29(4,5)6)27(36)24(32-28(37)38-30(7,8)9)18-21-14-16-22(34)17-15-21/h10-17,19,24-25,34H,18H2,1-9H3,(H,31,35)(H,32,37). The Bertz CT molecular complexity index is 1110. The van der Waals surface area contributed by atoms with E-state index < -0.39 is 35.2 Å². The summed E-state index contributed by atoms with van der Waals surface area (Å²) < 4.78 is 5.46. The molecule has 8 heteroatoms. The van der Waals surface area contributed by atoms with Crippen LogP contribution >= 0.6 is 0 Å². The predicted octanol–water partition coefficient (Wildman–Crippen LogP) is 5.03. The number of benzene rings is 2. The molecule has 0 bridgehead atoms. The first-order valence-electron chi connectivity index (χ1n) is 13.0. The quantitative estimate of drug-likeness (QED) is 0.448. The zero-order chi connectivity index (χ0) is 28.8. The number of carbonyl (C=O) groups is 3. The maximum absolute atomic E-state index is 14.4. The van der Waals surface area contributed by atoms with Gasteiger partial charge in [0, 0.05) is 18.0 Å². The molecule has 0 spiro atoms. The minimum absolute atomic E-state index is 0.0954. The van der Waals surface area contributed by atoms with E-state index in [-0.39, 0.29) is 24.1 Å². The topological polar surface area (TPSA) is 108 Å². The average Bonchev–Trinajstić information content (AvgIpc) is 2.76. The molecular formula is C30H43N3O5. The summed E-state index contributed by atoms with van der Waals surface area (Å²) in [5.74, 6) is -0.639. The second kappa shape index (κ2) is 12.3. The van der Waals surface area contributed by atoms with Gasteiger partial charge in [-0.1, -0.05) is 36.4 Å². The zero-order valence-corrected chi connectivity index (χ0v) is 24.1. The molecule has 0 aliphatic rings. The Kier molecular flexibility index (Phi) is 9.95. The van der Waals surface area contributed by atoms with Gasteiger partial charge in [0.15, 0.2) is 0 Å². The van der Waals surface area contributed by atoms with Gasteiger partial charge in [0.1, 0.15) is 23.4 Å². The van der Waals surface area contributed by atoms with Crippen molar-refractivity contribution in [2.45, 2.75) is 98.0 Å². The van der Waals surface area contributed by atoms with Gasteiger partial charge in [-0.2, -0.15) is 0 Å². The summed E-state index contributed by atoms with van der Waals surface area (Å²) in [5, 5.41) is 15.4. The van der Waals surface area contributed by atoms with Crippen molar-refractivity contribution in [1.29, 1.82) is 0 Å². The Labute approximate surface area is 226 Å². The van der Waals surface area contributed by atoms with Crippen LogP contribution in [0.3, 0.4) is 0 Å². The van der Waals surface area contributed by atoms with E-state index in [1.54, 1.807) is 37.8 Å². The highest BCUT2D eigenvalue weighted by Gasteiger charge is 2.42. The van der Waals surface area contributed by atoms with Crippen LogP contribution in [0.5, 0.6) is 5.75 Å². The fourth-order valence-corrected chi connectivity index (χ4v) is 4.19. The molecule has 0 heterocycles. The fourth-order valence-electron chi connectivity index (χ4n) is 4.19. The molecule has 0 radical (unpaired) electrons. The van der Waals surface area contributed by atoms with Crippen LogP contribution in [-0.4, -0.2) is 51.1 Å². The first kappa shape index (κ1) is 30.7. The van der Waals surface area contributed by atoms with Gasteiger partial charge in [-0.3, -0.25) is 9.59 Å². The summed E-state index contributed by atoms with van der Waals surface area (Å²) in [7, 11) is 0. The van der Waals surface area contributed by atoms with Crippen molar-refractivity contribution in [3.8, 4) is 5.75 Å². The molecule has 2 unspecified atom stereocenters. The Hall–Kier alpha value is -3.55. The third kappa shape index (κ3) is 8.78. The van der Waals surface area contributed by atoms with Gasteiger partial charge in [-0.05, 0) is 91.1 Å². The number of rotatable bonds is 8. The van der Waals surface area contributed by atoms with E-state index in [9.17, 15) is 19.5 Å². The first-order chi connectivity index (χ1) is 17.5. The van der Waals surface area contributed by atoms with Gasteiger partial charge in [-0.25, -0.2) is 4.79 Å². The van der Waals surface area contributed by atoms with Crippen molar-refractivity contribution < 1.29 is 24.2 Å². The monoisotopic (exact) mass is 525 g/mol. The number of aromatic hydroxyl groups is 1. The number of hydrogen-bond acceptors (Lipinski definition) is 5. The van der Waals surface area contributed by atoms with Gasteiger partial charge < -0.3 is 25.4 Å². The molecule has 0 aliphatic heterocycles. The summed E-state index contributed by atoms with van der Waals surface area (Å²) in [5.41, 5.74) is 0.746. The number of nitrogens with one attached hydrogen (secondary N) is 2. The van der Waals surface area contributed by atoms with E-state index in [1.165, 1.54) is 12.1 Å². The summed E-state index contributed by atoms with van der Waals surface area (Å²) in [6, 6.07) is 11.8. The largest absolute Gasteiger partial charge is 0.508 e. The summed E-state index contributed by atoms with van der Waals surface area (Å²) in [6.45, 7) is 16.5. The number of amides is 3. The van der Waals surface area contributed by atoms with Gasteiger partial charge in [0.05, 0.1) is 0 Å². The third-order valence-electron chi connectivity index (χ3n) is 5.75. The lowest BCUT2D eigenvalue weighted by Gasteiger charge is -2.43. The molecule has 0 saturated carbocycles. The van der Waals surface area contributed by atoms with Crippen molar-refractivity contribution >= 4 is 17.9 Å². The number of nitrogens with zero attached hydrogens (tertiary/aromatic N) is 1. The third-order valence-corrected chi connectivity index (χ3v) is 5.75. The molecule has 0 fully saturated rings. The van der Waals surface area contributed by atoms with Crippen LogP contribution in [0.4, 0.5) is 4.79 Å². The van der Waals surface area contributed by atoms with Crippen molar-refractivity contribution in [3.63, 3.8) is 0 Å². The number of hydrogen-bond donors (Lipinski definition) is 3. The molecule has 2 rings (SSSR count). The fraction of sp³-hybridized carbons (Fsp3) is 0.500. The smallest absolute Gasteiger partial charge is 0.408 e. The lowest BCUT2D eigenvalue weighted by atomic mass is 9.92. The van der Waals surface area contributed by atoms with E-state index in [0.717, 1.165) is 11.1 Å². The van der Waals surface area contributed by atoms with Crippen LogP contribution in [0.15, 0.2) is 48.5 Å². The van der Waals surface area contributed by atoms with Crippen LogP contribution in [-0.2, 0) is 20.7 Å². The lowest BCUT2D eigenvalue weighted by molar-refractivity contribution is -0.148. The Morgan fingerprint density at radius 1 is 0.921 bits per heavy atom. The predicted molar refractivity (Wildman–Crippen MR) is 149 cm³/mol. The Morgan fingerprint density at radius 3 is 2.00 bits per heavy atom. The molecule has 2 atom stereocenters. The molecular weight excluding hydrogens is 482 g/mol. The van der Waals surface area contributed by atoms with E-state index in [1.807, 2.05) is 65.8 Å². The minimum Gasteiger partial charge on any atom is -0.508 e. The summed E-state index contributed by atoms with van der Waals surface area (Å²) in [4.78, 5) is 42.5. The van der Waals surface area contributed by atoms with E-state index in [4.69, 9.17) is 4.74 Å². The van der Waals surface area contributed by atoms with Crippen LogP contribution < -0.4 is 10.6 Å². The van der Waals surface area contributed by atoms with E-state index >= 15 is 0 Å². The number of aryl methyl sites for hydroxylation is 1. The van der Waals surface area contributed by atoms with Crippen molar-refractivity contribution in [2.24, 2.45) is 0 Å². The number of carbonyl (C=O) groups excluding carboxylic acids is 3. The molecule has 3 amide bonds. The molecule has 2 aromatic rings. The number of phenolic OH excluding ortho intramolecular Hbond substituents is 1. The van der Waals surface area contributed by atoms with Crippen LogP contribution in [0.25, 0.3) is 0 Å². The molecule has 3 N–H and O–H groups in total. The molecule has 38 heavy (non-hydrogen) atoms. The highest BCUT2D eigenvalue weighted by molar-refractivity contribution is 5.93. The highest BCUT2D eigenvalue weighted by atomic mass is 16.6. The normalized spacial score (nSPS) is 13.4. The Balaban J connectivity index is 2.62. The molecule has 8 nitrogen and oxygen atoms in total. The summed E-state index contributed by atoms with van der Waals surface area (Å²) >= 11 is 0. The molecule has 208 valence electrons. The number of ether oxygens (including phenoxy) is 1. The molecule has 2 aromatic carbocycles. The number of alkyl carbamates (subject to hydrolysis) is 1. The second-order valence-electron chi connectivity index (χ2n) is 11.9. The highest BCUT2D eigenvalue weighted by Crippen LogP contribution is 2.32. The summed E-state index contributed by atoms with van der Waals surface area (Å²) in [6.07, 6.45) is -0.598. The van der Waals surface area contributed by atoms with Crippen LogP contribution in [0, 0.1) is 6.92 Å². The minimum atomic E-state index is -1.04. The SMILES string of the molecule is Cc1ccccc1C(C(=O)NC(C)C)N(C(=O)C(Cc1ccc(O)cc1)NC(=O)OC(C)(C)C)C(C)(C)C. The van der Waals surface area contributed by atoms with Gasteiger partial charge in [0.25, 0.3) is 0 Å². The maximum atomic E-state index is 14.4. The first-order valence-corrected chi connectivity index (χ1v) is 13.0. The van der Waals surface area contributed by atoms with Gasteiger partial charge in [0.2, 0.25) is 11.8 Å². The van der Waals surface area contributed by atoms with Crippen molar-refractivity contribution in [1.82, 2.24) is 15.5 Å². The molecule has 0 saturated heterocycles. The van der Waals surface area contributed by atoms with Crippen molar-refractivity contribution in [2.75, 3.05) is 0 Å². The number of phenols is 1. The van der Waals surface area contributed by atoms with E-state index in [2.05, 4.69) is 10.6 Å². The lowest BCUT2D eigenvalue weighted by Crippen LogP contribution is -2.59. The maximum Gasteiger partial charge on any atom is 0.408 e. The molecule has 0 aromatic heterocycles.